The van der Waals surface area contributed by atoms with Gasteiger partial charge in [-0.2, -0.15) is 4.31 Å². The number of anilines is 1. The summed E-state index contributed by atoms with van der Waals surface area (Å²) in [7, 11) is -2.71. The average Bonchev–Trinajstić information content (AvgIpc) is 2.78. The van der Waals surface area contributed by atoms with E-state index < -0.39 is 22.5 Å². The summed E-state index contributed by atoms with van der Waals surface area (Å²) in [4.78, 5) is 13.1. The normalized spacial score (nSPS) is 11.3. The van der Waals surface area contributed by atoms with Gasteiger partial charge in [-0.1, -0.05) is 31.5 Å². The first kappa shape index (κ1) is 24.6. The zero-order chi connectivity index (χ0) is 24.2. The van der Waals surface area contributed by atoms with Crippen LogP contribution in [0.3, 0.4) is 0 Å². The second-order valence-corrected chi connectivity index (χ2v) is 10.0. The molecule has 3 rings (SSSR count). The quantitative estimate of drug-likeness (QED) is 0.414. The summed E-state index contributed by atoms with van der Waals surface area (Å²) in [6, 6.07) is 17.4. The van der Waals surface area contributed by atoms with Crippen LogP contribution in [-0.2, 0) is 14.8 Å². The van der Waals surface area contributed by atoms with Crippen molar-refractivity contribution in [2.45, 2.75) is 31.6 Å². The molecule has 3 aromatic carbocycles. The van der Waals surface area contributed by atoms with Gasteiger partial charge in [-0.3, -0.25) is 4.79 Å². The van der Waals surface area contributed by atoms with Crippen LogP contribution in [0.4, 0.5) is 5.69 Å². The number of carbonyl (C=O) groups excluding carboxylic acids is 1. The summed E-state index contributed by atoms with van der Waals surface area (Å²) in [5, 5.41) is 0.389. The maximum absolute atomic E-state index is 13.4. The number of methoxy groups -OCH3 is 1. The average molecular weight is 488 g/mol. The van der Waals surface area contributed by atoms with Crippen LogP contribution >= 0.6 is 11.6 Å². The van der Waals surface area contributed by atoms with Crippen LogP contribution in [0.15, 0.2) is 71.6 Å². The van der Waals surface area contributed by atoms with E-state index in [1.54, 1.807) is 18.2 Å². The zero-order valence-electron chi connectivity index (χ0n) is 18.9. The molecule has 0 heterocycles. The van der Waals surface area contributed by atoms with Gasteiger partial charge >= 0.3 is 0 Å². The first-order valence-corrected chi connectivity index (χ1v) is 12.2. The van der Waals surface area contributed by atoms with Crippen molar-refractivity contribution in [3.63, 3.8) is 0 Å². The molecule has 0 bridgehead atoms. The summed E-state index contributed by atoms with van der Waals surface area (Å²) in [6.45, 7) is 5.71. The second-order valence-electron chi connectivity index (χ2n) is 7.78. The zero-order valence-corrected chi connectivity index (χ0v) is 20.5. The van der Waals surface area contributed by atoms with Gasteiger partial charge in [-0.25, -0.2) is 8.42 Å². The lowest BCUT2D eigenvalue weighted by Gasteiger charge is -2.23. The predicted octanol–water partition coefficient (Wildman–Crippen LogP) is 5.58. The van der Waals surface area contributed by atoms with Crippen molar-refractivity contribution in [2.75, 3.05) is 18.0 Å². The van der Waals surface area contributed by atoms with Gasteiger partial charge in [0.25, 0.3) is 15.9 Å². The van der Waals surface area contributed by atoms with Gasteiger partial charge in [0.05, 0.1) is 17.7 Å². The standard InChI is InChI=1S/C25H26ClNO5S/c1-17(2)24-14-11-22(15-18(24)3)32-16-25(28)27(20-7-9-21(31-4)10-8-20)33(29,30)23-12-5-19(26)6-13-23/h5-15,17H,16H2,1-4H3. The maximum Gasteiger partial charge on any atom is 0.278 e. The third kappa shape index (κ3) is 5.67. The number of nitrogens with zero attached hydrogens (tertiary/aromatic N) is 1. The first-order chi connectivity index (χ1) is 15.6. The molecule has 8 heteroatoms. The van der Waals surface area contributed by atoms with Crippen LogP contribution in [0, 0.1) is 6.92 Å². The molecule has 0 spiro atoms. The second kappa shape index (κ2) is 10.3. The van der Waals surface area contributed by atoms with E-state index in [0.29, 0.717) is 22.4 Å². The number of carbonyl (C=O) groups is 1. The van der Waals surface area contributed by atoms with Crippen molar-refractivity contribution < 1.29 is 22.7 Å². The Morgan fingerprint density at radius 2 is 1.58 bits per heavy atom. The Morgan fingerprint density at radius 3 is 2.12 bits per heavy atom. The fourth-order valence-corrected chi connectivity index (χ4v) is 4.97. The lowest BCUT2D eigenvalue weighted by molar-refractivity contribution is -0.119. The highest BCUT2D eigenvalue weighted by atomic mass is 35.5. The fraction of sp³-hybridized carbons (Fsp3) is 0.240. The van der Waals surface area contributed by atoms with E-state index in [4.69, 9.17) is 21.1 Å². The smallest absolute Gasteiger partial charge is 0.278 e. The van der Waals surface area contributed by atoms with Gasteiger partial charge in [0.15, 0.2) is 6.61 Å². The van der Waals surface area contributed by atoms with Crippen LogP contribution in [0.2, 0.25) is 5.02 Å². The summed E-state index contributed by atoms with van der Waals surface area (Å²) < 4.78 is 38.4. The number of rotatable bonds is 8. The van der Waals surface area contributed by atoms with Crippen molar-refractivity contribution in [3.8, 4) is 11.5 Å². The molecule has 0 fully saturated rings. The number of benzene rings is 3. The molecule has 3 aromatic rings. The number of amides is 1. The Balaban J connectivity index is 1.92. The Kier molecular flexibility index (Phi) is 7.66. The molecule has 0 saturated heterocycles. The molecule has 0 aromatic heterocycles. The van der Waals surface area contributed by atoms with Crippen molar-refractivity contribution in [1.82, 2.24) is 0 Å². The van der Waals surface area contributed by atoms with E-state index in [2.05, 4.69) is 13.8 Å². The van der Waals surface area contributed by atoms with Crippen LogP contribution in [0.5, 0.6) is 11.5 Å². The Bertz CT molecular complexity index is 1220. The first-order valence-electron chi connectivity index (χ1n) is 10.3. The molecular weight excluding hydrogens is 462 g/mol. The lowest BCUT2D eigenvalue weighted by atomic mass is 9.98. The molecule has 6 nitrogen and oxygen atoms in total. The van der Waals surface area contributed by atoms with E-state index in [0.717, 1.165) is 9.87 Å². The molecule has 0 saturated carbocycles. The molecule has 0 aliphatic heterocycles. The predicted molar refractivity (Wildman–Crippen MR) is 130 cm³/mol. The molecule has 0 radical (unpaired) electrons. The molecule has 0 aliphatic carbocycles. The summed E-state index contributed by atoms with van der Waals surface area (Å²) in [6.07, 6.45) is 0. The largest absolute Gasteiger partial charge is 0.497 e. The highest BCUT2D eigenvalue weighted by molar-refractivity contribution is 7.93. The molecule has 33 heavy (non-hydrogen) atoms. The number of ether oxygens (including phenoxy) is 2. The third-order valence-corrected chi connectivity index (χ3v) is 7.13. The van der Waals surface area contributed by atoms with Crippen LogP contribution in [0.25, 0.3) is 0 Å². The number of aryl methyl sites for hydroxylation is 1. The lowest BCUT2D eigenvalue weighted by Crippen LogP contribution is -2.40. The Labute approximate surface area is 199 Å². The van der Waals surface area contributed by atoms with Gasteiger partial charge in [-0.15, -0.1) is 0 Å². The van der Waals surface area contributed by atoms with Crippen LogP contribution in [-0.4, -0.2) is 28.0 Å². The highest BCUT2D eigenvalue weighted by Gasteiger charge is 2.31. The van der Waals surface area contributed by atoms with E-state index in [-0.39, 0.29) is 10.6 Å². The monoisotopic (exact) mass is 487 g/mol. The van der Waals surface area contributed by atoms with Gasteiger partial charge in [0.1, 0.15) is 11.5 Å². The molecular formula is C25H26ClNO5S. The van der Waals surface area contributed by atoms with Crippen molar-refractivity contribution >= 4 is 33.2 Å². The number of sulfonamides is 1. The van der Waals surface area contributed by atoms with E-state index in [1.165, 1.54) is 49.1 Å². The summed E-state index contributed by atoms with van der Waals surface area (Å²) >= 11 is 5.91. The molecule has 0 unspecified atom stereocenters. The van der Waals surface area contributed by atoms with E-state index in [9.17, 15) is 13.2 Å². The van der Waals surface area contributed by atoms with Crippen LogP contribution < -0.4 is 13.8 Å². The minimum absolute atomic E-state index is 0.0619. The molecule has 0 aliphatic rings. The fourth-order valence-electron chi connectivity index (χ4n) is 3.44. The van der Waals surface area contributed by atoms with Crippen molar-refractivity contribution in [3.05, 3.63) is 82.9 Å². The van der Waals surface area contributed by atoms with E-state index >= 15 is 0 Å². The SMILES string of the molecule is COc1ccc(N(C(=O)COc2ccc(C(C)C)c(C)c2)S(=O)(=O)c2ccc(Cl)cc2)cc1. The van der Waals surface area contributed by atoms with Gasteiger partial charge in [0, 0.05) is 5.02 Å². The molecule has 0 atom stereocenters. The van der Waals surface area contributed by atoms with Crippen molar-refractivity contribution in [1.29, 1.82) is 0 Å². The van der Waals surface area contributed by atoms with Gasteiger partial charge in [-0.05, 0) is 84.6 Å². The Morgan fingerprint density at radius 1 is 0.970 bits per heavy atom. The Hall–Kier alpha value is -3.03. The van der Waals surface area contributed by atoms with Crippen molar-refractivity contribution in [2.24, 2.45) is 0 Å². The number of hydrogen-bond acceptors (Lipinski definition) is 5. The molecule has 1 amide bonds. The summed E-state index contributed by atoms with van der Waals surface area (Å²) in [5.41, 5.74) is 2.39. The minimum Gasteiger partial charge on any atom is -0.497 e. The van der Waals surface area contributed by atoms with Gasteiger partial charge in [0.2, 0.25) is 0 Å². The molecule has 174 valence electrons. The third-order valence-electron chi connectivity index (χ3n) is 5.11. The minimum atomic E-state index is -4.22. The highest BCUT2D eigenvalue weighted by Crippen LogP contribution is 2.28. The van der Waals surface area contributed by atoms with Crippen LogP contribution in [0.1, 0.15) is 30.9 Å². The van der Waals surface area contributed by atoms with E-state index in [1.807, 2.05) is 19.1 Å². The van der Waals surface area contributed by atoms with Gasteiger partial charge < -0.3 is 9.47 Å². The summed E-state index contributed by atoms with van der Waals surface area (Å²) in [5.74, 6) is 0.646. The topological polar surface area (TPSA) is 72.9 Å². The number of halogens is 1. The molecule has 0 N–H and O–H groups in total. The number of hydrogen-bond donors (Lipinski definition) is 0. The maximum atomic E-state index is 13.4.